The van der Waals surface area contributed by atoms with Crippen molar-refractivity contribution in [1.82, 2.24) is 0 Å². The molecule has 5 nitrogen and oxygen atoms in total. The third-order valence-electron chi connectivity index (χ3n) is 5.66. The molecule has 1 N–H and O–H groups in total. The number of quaternary nitrogens is 1. The molecule has 0 unspecified atom stereocenters. The zero-order chi connectivity index (χ0) is 20.0. The lowest BCUT2D eigenvalue weighted by Gasteiger charge is -2.26. The predicted octanol–water partition coefficient (Wildman–Crippen LogP) is 3.45. The largest absolute Gasteiger partial charge is 0.872 e. The van der Waals surface area contributed by atoms with Gasteiger partial charge in [0.1, 0.15) is 23.6 Å². The van der Waals surface area contributed by atoms with Crippen molar-refractivity contribution < 1.29 is 24.0 Å². The Morgan fingerprint density at radius 2 is 1.93 bits per heavy atom. The fourth-order valence-electron chi connectivity index (χ4n) is 4.17. The van der Waals surface area contributed by atoms with Crippen molar-refractivity contribution in [1.29, 1.82) is 0 Å². The SMILES string of the molecule is O=C1/C(=C/c2cc3cc(Br)ccc3o2)Oc2c1ccc([O-])c2C[NH+]1CCCCC1. The van der Waals surface area contributed by atoms with E-state index < -0.39 is 0 Å². The number of carbonyl (C=O) groups is 1. The minimum absolute atomic E-state index is 0.0653. The van der Waals surface area contributed by atoms with Crippen molar-refractivity contribution in [3.63, 3.8) is 0 Å². The van der Waals surface area contributed by atoms with Crippen LogP contribution in [0, 0.1) is 0 Å². The molecular formula is C23H20BrNO4. The van der Waals surface area contributed by atoms with Crippen molar-refractivity contribution >= 4 is 38.8 Å². The number of Topliss-reactive ketones (excluding diaryl/α,β-unsaturated/α-hetero) is 1. The maximum absolute atomic E-state index is 12.9. The molecule has 3 aromatic rings. The summed E-state index contributed by atoms with van der Waals surface area (Å²) in [5.41, 5.74) is 1.80. The summed E-state index contributed by atoms with van der Waals surface area (Å²) in [5, 5.41) is 13.5. The summed E-state index contributed by atoms with van der Waals surface area (Å²) >= 11 is 3.45. The van der Waals surface area contributed by atoms with Gasteiger partial charge in [-0.25, -0.2) is 0 Å². The number of benzene rings is 2. The zero-order valence-corrected chi connectivity index (χ0v) is 17.4. The van der Waals surface area contributed by atoms with Gasteiger partial charge in [0.05, 0.1) is 18.7 Å². The van der Waals surface area contributed by atoms with E-state index in [1.165, 1.54) is 30.2 Å². The van der Waals surface area contributed by atoms with E-state index in [2.05, 4.69) is 15.9 Å². The fraction of sp³-hybridized carbons (Fsp3) is 0.261. The summed E-state index contributed by atoms with van der Waals surface area (Å²) < 4.78 is 12.7. The highest BCUT2D eigenvalue weighted by molar-refractivity contribution is 9.10. The normalized spacial score (nSPS) is 18.4. The number of rotatable bonds is 3. The topological polar surface area (TPSA) is 66.9 Å². The van der Waals surface area contributed by atoms with Crippen LogP contribution in [0.4, 0.5) is 0 Å². The Kier molecular flexibility index (Phi) is 4.68. The van der Waals surface area contributed by atoms with Gasteiger partial charge < -0.3 is 19.2 Å². The van der Waals surface area contributed by atoms with Gasteiger partial charge in [-0.1, -0.05) is 27.7 Å². The minimum atomic E-state index is -0.212. The van der Waals surface area contributed by atoms with Crippen LogP contribution < -0.4 is 14.7 Å². The molecule has 2 aromatic carbocycles. The number of carbonyl (C=O) groups excluding carboxylic acids is 1. The molecule has 0 amide bonds. The van der Waals surface area contributed by atoms with Crippen LogP contribution in [0.5, 0.6) is 11.5 Å². The number of ether oxygens (including phenoxy) is 1. The number of ketones is 1. The first kappa shape index (κ1) is 18.5. The Hall–Kier alpha value is -2.57. The third-order valence-corrected chi connectivity index (χ3v) is 6.15. The third kappa shape index (κ3) is 3.47. The number of likely N-dealkylation sites (tertiary alicyclic amines) is 1. The summed E-state index contributed by atoms with van der Waals surface area (Å²) in [7, 11) is 0. The van der Waals surface area contributed by atoms with Gasteiger partial charge in [-0.3, -0.25) is 4.79 Å². The summed E-state index contributed by atoms with van der Waals surface area (Å²) in [6.07, 6.45) is 5.20. The van der Waals surface area contributed by atoms with E-state index >= 15 is 0 Å². The molecule has 0 atom stereocenters. The van der Waals surface area contributed by atoms with Gasteiger partial charge in [-0.2, -0.15) is 0 Å². The Balaban J connectivity index is 1.47. The molecule has 29 heavy (non-hydrogen) atoms. The summed E-state index contributed by atoms with van der Waals surface area (Å²) in [6.45, 7) is 2.70. The van der Waals surface area contributed by atoms with Crippen molar-refractivity contribution in [2.75, 3.05) is 13.1 Å². The average molecular weight is 454 g/mol. The molecule has 2 aliphatic rings. The Morgan fingerprint density at radius 1 is 1.10 bits per heavy atom. The van der Waals surface area contributed by atoms with E-state index in [1.807, 2.05) is 24.3 Å². The fourth-order valence-corrected chi connectivity index (χ4v) is 4.55. The summed E-state index contributed by atoms with van der Waals surface area (Å²) in [6, 6.07) is 10.7. The zero-order valence-electron chi connectivity index (χ0n) is 15.8. The maximum Gasteiger partial charge on any atom is 0.232 e. The molecule has 2 aliphatic heterocycles. The van der Waals surface area contributed by atoms with E-state index in [0.717, 1.165) is 28.5 Å². The van der Waals surface area contributed by atoms with Crippen molar-refractivity contribution in [2.24, 2.45) is 0 Å². The van der Waals surface area contributed by atoms with E-state index in [4.69, 9.17) is 9.15 Å². The average Bonchev–Trinajstić information content (AvgIpc) is 3.25. The highest BCUT2D eigenvalue weighted by Gasteiger charge is 2.31. The molecule has 0 radical (unpaired) electrons. The molecule has 1 fully saturated rings. The number of halogens is 1. The van der Waals surface area contributed by atoms with Gasteiger partial charge in [0.2, 0.25) is 5.78 Å². The van der Waals surface area contributed by atoms with Gasteiger partial charge in [-0.15, -0.1) is 0 Å². The monoisotopic (exact) mass is 453 g/mol. The highest BCUT2D eigenvalue weighted by atomic mass is 79.9. The smallest absolute Gasteiger partial charge is 0.232 e. The number of piperidine rings is 1. The Morgan fingerprint density at radius 3 is 2.76 bits per heavy atom. The molecule has 6 heteroatoms. The number of nitrogens with one attached hydrogen (secondary N) is 1. The standard InChI is InChI=1S/C23H20BrNO4/c24-15-4-7-20-14(10-15)11-16(28-20)12-21-22(27)17-5-6-19(26)18(23(17)29-21)13-25-8-2-1-3-9-25/h4-7,10-12,26H,1-3,8-9,13H2/b21-12-. The van der Waals surface area contributed by atoms with Crippen LogP contribution >= 0.6 is 15.9 Å². The van der Waals surface area contributed by atoms with Gasteiger partial charge in [0.25, 0.3) is 0 Å². The number of fused-ring (bicyclic) bond motifs is 2. The molecule has 5 rings (SSSR count). The summed E-state index contributed by atoms with van der Waals surface area (Å²) in [5.74, 6) is 0.880. The van der Waals surface area contributed by atoms with Gasteiger partial charge in [0.15, 0.2) is 5.76 Å². The van der Waals surface area contributed by atoms with Gasteiger partial charge in [0, 0.05) is 21.5 Å². The second kappa shape index (κ2) is 7.35. The Bertz CT molecular complexity index is 1140. The van der Waals surface area contributed by atoms with E-state index in [9.17, 15) is 9.90 Å². The minimum Gasteiger partial charge on any atom is -0.872 e. The first-order valence-corrected chi connectivity index (χ1v) is 10.7. The maximum atomic E-state index is 12.9. The second-order valence-electron chi connectivity index (χ2n) is 7.68. The van der Waals surface area contributed by atoms with E-state index in [-0.39, 0.29) is 17.3 Å². The van der Waals surface area contributed by atoms with Gasteiger partial charge >= 0.3 is 0 Å². The molecule has 1 aromatic heterocycles. The quantitative estimate of drug-likeness (QED) is 0.616. The lowest BCUT2D eigenvalue weighted by molar-refractivity contribution is -0.918. The van der Waals surface area contributed by atoms with Crippen molar-refractivity contribution in [2.45, 2.75) is 25.8 Å². The highest BCUT2D eigenvalue weighted by Crippen LogP contribution is 2.38. The van der Waals surface area contributed by atoms with Crippen LogP contribution in [-0.2, 0) is 6.54 Å². The molecule has 0 bridgehead atoms. The van der Waals surface area contributed by atoms with Crippen LogP contribution in [-0.4, -0.2) is 18.9 Å². The van der Waals surface area contributed by atoms with Crippen LogP contribution in [0.1, 0.15) is 40.9 Å². The molecule has 3 heterocycles. The lowest BCUT2D eigenvalue weighted by atomic mass is 10.0. The molecule has 148 valence electrons. The summed E-state index contributed by atoms with van der Waals surface area (Å²) in [4.78, 5) is 14.2. The van der Waals surface area contributed by atoms with Gasteiger partial charge in [-0.05, 0) is 49.6 Å². The van der Waals surface area contributed by atoms with E-state index in [0.29, 0.717) is 29.2 Å². The Labute approximate surface area is 176 Å². The van der Waals surface area contributed by atoms with Crippen LogP contribution in [0.25, 0.3) is 17.0 Å². The molecular weight excluding hydrogens is 434 g/mol. The lowest BCUT2D eigenvalue weighted by Crippen LogP contribution is -3.11. The number of furan rings is 1. The second-order valence-corrected chi connectivity index (χ2v) is 8.59. The first-order valence-electron chi connectivity index (χ1n) is 9.88. The molecule has 0 saturated carbocycles. The van der Waals surface area contributed by atoms with Crippen LogP contribution in [0.2, 0.25) is 0 Å². The van der Waals surface area contributed by atoms with Crippen LogP contribution in [0.3, 0.4) is 0 Å². The van der Waals surface area contributed by atoms with Crippen molar-refractivity contribution in [3.05, 3.63) is 63.5 Å². The molecule has 1 saturated heterocycles. The van der Waals surface area contributed by atoms with E-state index in [1.54, 1.807) is 12.1 Å². The van der Waals surface area contributed by atoms with Crippen LogP contribution in [0.15, 0.2) is 51.0 Å². The number of allylic oxidation sites excluding steroid dienone is 1. The first-order chi connectivity index (χ1) is 14.1. The molecule has 0 spiro atoms. The number of hydrogen-bond donors (Lipinski definition) is 1. The predicted molar refractivity (Wildman–Crippen MR) is 111 cm³/mol. The number of hydrogen-bond acceptors (Lipinski definition) is 4. The van der Waals surface area contributed by atoms with Crippen molar-refractivity contribution in [3.8, 4) is 11.5 Å². The molecule has 0 aliphatic carbocycles.